The SMILES string of the molecule is CC(C)c1c(CN2CC[C@H](O)[C@](C)(F)C2)cnc2ccc(-c3nc(N[C@@H]4CCOC[C@H]4O)ncc3F)cc12. The van der Waals surface area contributed by atoms with Crippen LogP contribution < -0.4 is 5.32 Å². The van der Waals surface area contributed by atoms with Crippen LogP contribution in [0.25, 0.3) is 22.2 Å². The second-order valence-corrected chi connectivity index (χ2v) is 10.9. The molecule has 5 rings (SSSR count). The number of aliphatic hydroxyl groups excluding tert-OH is 2. The molecule has 2 saturated heterocycles. The Morgan fingerprint density at radius 1 is 1.21 bits per heavy atom. The molecule has 2 aliphatic rings. The number of piperidine rings is 1. The number of hydrogen-bond acceptors (Lipinski definition) is 8. The van der Waals surface area contributed by atoms with Gasteiger partial charge in [-0.2, -0.15) is 0 Å². The molecular weight excluding hydrogens is 492 g/mol. The molecule has 0 spiro atoms. The lowest BCUT2D eigenvalue weighted by atomic mass is 9.90. The Labute approximate surface area is 221 Å². The molecule has 10 heteroatoms. The third-order valence-corrected chi connectivity index (χ3v) is 7.57. The highest BCUT2D eigenvalue weighted by atomic mass is 19.1. The fourth-order valence-electron chi connectivity index (χ4n) is 5.51. The van der Waals surface area contributed by atoms with Gasteiger partial charge in [0.25, 0.3) is 0 Å². The van der Waals surface area contributed by atoms with Gasteiger partial charge < -0.3 is 20.3 Å². The van der Waals surface area contributed by atoms with Crippen molar-refractivity contribution in [2.45, 2.75) is 70.0 Å². The topological polar surface area (TPSA) is 104 Å². The van der Waals surface area contributed by atoms with Gasteiger partial charge in [0.1, 0.15) is 11.4 Å². The highest BCUT2D eigenvalue weighted by molar-refractivity contribution is 5.88. The molecule has 0 bridgehead atoms. The average Bonchev–Trinajstić information content (AvgIpc) is 2.88. The molecule has 0 aliphatic carbocycles. The van der Waals surface area contributed by atoms with Crippen LogP contribution >= 0.6 is 0 Å². The molecule has 2 aromatic heterocycles. The number of ether oxygens (including phenoxy) is 1. The maximum atomic E-state index is 15.0. The van der Waals surface area contributed by atoms with E-state index in [-0.39, 0.29) is 36.8 Å². The van der Waals surface area contributed by atoms with E-state index in [0.29, 0.717) is 38.1 Å². The summed E-state index contributed by atoms with van der Waals surface area (Å²) in [5.74, 6) is -0.169. The molecule has 1 aromatic carbocycles. The summed E-state index contributed by atoms with van der Waals surface area (Å²) in [5.41, 5.74) is 1.92. The molecule has 2 fully saturated rings. The van der Waals surface area contributed by atoms with Crippen LogP contribution in [-0.2, 0) is 11.3 Å². The molecule has 38 heavy (non-hydrogen) atoms. The van der Waals surface area contributed by atoms with Crippen molar-refractivity contribution >= 4 is 16.9 Å². The van der Waals surface area contributed by atoms with Gasteiger partial charge in [0.05, 0.1) is 36.6 Å². The van der Waals surface area contributed by atoms with Crippen molar-refractivity contribution in [2.24, 2.45) is 0 Å². The summed E-state index contributed by atoms with van der Waals surface area (Å²) in [6.07, 6.45) is 2.29. The highest BCUT2D eigenvalue weighted by Crippen LogP contribution is 2.34. The Morgan fingerprint density at radius 2 is 2.03 bits per heavy atom. The van der Waals surface area contributed by atoms with E-state index in [4.69, 9.17) is 4.74 Å². The first-order valence-corrected chi connectivity index (χ1v) is 13.2. The molecule has 0 amide bonds. The van der Waals surface area contributed by atoms with Gasteiger partial charge in [-0.05, 0) is 48.9 Å². The van der Waals surface area contributed by atoms with Crippen LogP contribution in [0.2, 0.25) is 0 Å². The van der Waals surface area contributed by atoms with Crippen LogP contribution in [0.1, 0.15) is 50.7 Å². The van der Waals surface area contributed by atoms with Crippen molar-refractivity contribution in [3.05, 3.63) is 47.5 Å². The fourth-order valence-corrected chi connectivity index (χ4v) is 5.51. The highest BCUT2D eigenvalue weighted by Gasteiger charge is 2.39. The first-order chi connectivity index (χ1) is 18.1. The number of likely N-dealkylation sites (tertiary alicyclic amines) is 1. The Morgan fingerprint density at radius 3 is 2.76 bits per heavy atom. The molecule has 2 aliphatic heterocycles. The number of rotatable bonds is 6. The third kappa shape index (κ3) is 5.49. The monoisotopic (exact) mass is 527 g/mol. The Hall–Kier alpha value is -2.79. The minimum atomic E-state index is -1.66. The van der Waals surface area contributed by atoms with Crippen molar-refractivity contribution in [1.82, 2.24) is 19.9 Å². The maximum Gasteiger partial charge on any atom is 0.223 e. The summed E-state index contributed by atoms with van der Waals surface area (Å²) < 4.78 is 35.1. The zero-order valence-electron chi connectivity index (χ0n) is 22.0. The molecule has 4 heterocycles. The summed E-state index contributed by atoms with van der Waals surface area (Å²) in [7, 11) is 0. The van der Waals surface area contributed by atoms with Crippen molar-refractivity contribution < 1.29 is 23.7 Å². The van der Waals surface area contributed by atoms with E-state index < -0.39 is 23.7 Å². The van der Waals surface area contributed by atoms with Crippen molar-refractivity contribution in [1.29, 1.82) is 0 Å². The first kappa shape index (κ1) is 26.8. The van der Waals surface area contributed by atoms with Gasteiger partial charge >= 0.3 is 0 Å². The van der Waals surface area contributed by atoms with Crippen LogP contribution in [0.15, 0.2) is 30.6 Å². The number of aliphatic hydroxyl groups is 2. The van der Waals surface area contributed by atoms with Crippen LogP contribution in [-0.4, -0.2) is 80.3 Å². The van der Waals surface area contributed by atoms with Gasteiger partial charge in [0, 0.05) is 43.4 Å². The van der Waals surface area contributed by atoms with Crippen LogP contribution in [0.3, 0.4) is 0 Å². The van der Waals surface area contributed by atoms with Gasteiger partial charge in [-0.3, -0.25) is 9.88 Å². The lowest BCUT2D eigenvalue weighted by Gasteiger charge is -2.39. The van der Waals surface area contributed by atoms with Crippen LogP contribution in [0.4, 0.5) is 14.7 Å². The van der Waals surface area contributed by atoms with Crippen molar-refractivity contribution in [2.75, 3.05) is 31.6 Å². The minimum Gasteiger partial charge on any atom is -0.390 e. The number of hydrogen-bond donors (Lipinski definition) is 3. The number of anilines is 1. The number of pyridine rings is 1. The Kier molecular flexibility index (Phi) is 7.59. The van der Waals surface area contributed by atoms with E-state index in [1.165, 1.54) is 6.92 Å². The molecular formula is C28H35F2N5O3. The molecule has 204 valence electrons. The standard InChI is InChI=1S/C28H35F2N5O3/c1-16(2)25-18(13-35-8-6-24(37)28(3,30)15-35)11-31-21-5-4-17(10-19(21)25)26-20(29)12-32-27(34-26)33-22-7-9-38-14-23(22)36/h4-5,10-12,16,22-24,36-37H,6-9,13-15H2,1-3H3,(H,32,33,34)/t22-,23-,24+,28-/m1/s1. The second kappa shape index (κ2) is 10.8. The minimum absolute atomic E-state index is 0.139. The number of alkyl halides is 1. The molecule has 3 aromatic rings. The smallest absolute Gasteiger partial charge is 0.223 e. The van der Waals surface area contributed by atoms with Gasteiger partial charge in [0.2, 0.25) is 5.95 Å². The van der Waals surface area contributed by atoms with Gasteiger partial charge in [0.15, 0.2) is 5.82 Å². The summed E-state index contributed by atoms with van der Waals surface area (Å²) in [4.78, 5) is 15.2. The zero-order valence-corrected chi connectivity index (χ0v) is 22.0. The van der Waals surface area contributed by atoms with E-state index in [1.54, 1.807) is 6.07 Å². The molecule has 0 saturated carbocycles. The largest absolute Gasteiger partial charge is 0.390 e. The summed E-state index contributed by atoms with van der Waals surface area (Å²) >= 11 is 0. The van der Waals surface area contributed by atoms with E-state index in [0.717, 1.165) is 28.2 Å². The summed E-state index contributed by atoms with van der Waals surface area (Å²) in [6, 6.07) is 5.27. The average molecular weight is 528 g/mol. The van der Waals surface area contributed by atoms with E-state index in [1.807, 2.05) is 23.2 Å². The van der Waals surface area contributed by atoms with Crippen molar-refractivity contribution in [3.63, 3.8) is 0 Å². The number of nitrogens with one attached hydrogen (secondary N) is 1. The zero-order chi connectivity index (χ0) is 27.0. The Bertz CT molecular complexity index is 1300. The molecule has 4 atom stereocenters. The van der Waals surface area contributed by atoms with E-state index in [9.17, 15) is 19.0 Å². The third-order valence-electron chi connectivity index (χ3n) is 7.57. The molecule has 0 radical (unpaired) electrons. The van der Waals surface area contributed by atoms with Gasteiger partial charge in [-0.15, -0.1) is 0 Å². The number of benzene rings is 1. The predicted octanol–water partition coefficient (Wildman–Crippen LogP) is 3.81. The molecule has 0 unspecified atom stereocenters. The number of fused-ring (bicyclic) bond motifs is 1. The number of aromatic nitrogens is 3. The normalized spacial score (nSPS) is 26.7. The maximum absolute atomic E-state index is 15.0. The van der Waals surface area contributed by atoms with Gasteiger partial charge in [-0.1, -0.05) is 19.9 Å². The first-order valence-electron chi connectivity index (χ1n) is 13.2. The number of halogens is 2. The molecule has 8 nitrogen and oxygen atoms in total. The second-order valence-electron chi connectivity index (χ2n) is 10.9. The van der Waals surface area contributed by atoms with E-state index >= 15 is 0 Å². The summed E-state index contributed by atoms with van der Waals surface area (Å²) in [5, 5.41) is 24.2. The lowest BCUT2D eigenvalue weighted by Crippen LogP contribution is -2.52. The lowest BCUT2D eigenvalue weighted by molar-refractivity contribution is -0.0592. The molecule has 3 N–H and O–H groups in total. The van der Waals surface area contributed by atoms with Crippen LogP contribution in [0, 0.1) is 5.82 Å². The van der Waals surface area contributed by atoms with Gasteiger partial charge in [-0.25, -0.2) is 18.7 Å². The van der Waals surface area contributed by atoms with Crippen LogP contribution in [0.5, 0.6) is 0 Å². The quantitative estimate of drug-likeness (QED) is 0.445. The van der Waals surface area contributed by atoms with Crippen molar-refractivity contribution in [3.8, 4) is 11.3 Å². The van der Waals surface area contributed by atoms with E-state index in [2.05, 4.69) is 34.1 Å². The number of nitrogens with zero attached hydrogens (tertiary/aromatic N) is 4. The fraction of sp³-hybridized carbons (Fsp3) is 0.536. The summed E-state index contributed by atoms with van der Waals surface area (Å²) in [6.45, 7) is 7.63. The predicted molar refractivity (Wildman–Crippen MR) is 141 cm³/mol. The Balaban J connectivity index is 1.48.